The van der Waals surface area contributed by atoms with E-state index >= 15 is 0 Å². The van der Waals surface area contributed by atoms with Crippen molar-refractivity contribution in [1.29, 1.82) is 5.26 Å². The van der Waals surface area contributed by atoms with Crippen LogP contribution in [0.3, 0.4) is 0 Å². The Morgan fingerprint density at radius 1 is 1.44 bits per heavy atom. The molecule has 0 aliphatic heterocycles. The van der Waals surface area contributed by atoms with Gasteiger partial charge in [0.2, 0.25) is 0 Å². The van der Waals surface area contributed by atoms with Crippen LogP contribution in [0, 0.1) is 11.3 Å². The van der Waals surface area contributed by atoms with Crippen molar-refractivity contribution in [3.8, 4) is 11.8 Å². The Balaban J connectivity index is 2.47. The normalized spacial score (nSPS) is 11.6. The number of ether oxygens (including phenoxy) is 1. The number of allylic oxidation sites excluding steroid dienone is 1. The lowest BCUT2D eigenvalue weighted by Crippen LogP contribution is -1.98. The summed E-state index contributed by atoms with van der Waals surface area (Å²) in [6.45, 7) is 0. The van der Waals surface area contributed by atoms with Gasteiger partial charge in [-0.25, -0.2) is 0 Å². The van der Waals surface area contributed by atoms with Crippen molar-refractivity contribution in [3.05, 3.63) is 46.4 Å². The van der Waals surface area contributed by atoms with E-state index in [1.54, 1.807) is 31.6 Å². The van der Waals surface area contributed by atoms with Crippen molar-refractivity contribution in [2.75, 3.05) is 7.11 Å². The van der Waals surface area contributed by atoms with Crippen LogP contribution in [-0.2, 0) is 0 Å². The molecular formula is C13H11N3OS. The Morgan fingerprint density at radius 3 is 2.72 bits per heavy atom. The Labute approximate surface area is 109 Å². The van der Waals surface area contributed by atoms with Crippen molar-refractivity contribution in [2.24, 2.45) is 5.73 Å². The Bertz CT molecular complexity index is 611. The van der Waals surface area contributed by atoms with Crippen molar-refractivity contribution >= 4 is 22.6 Å². The summed E-state index contributed by atoms with van der Waals surface area (Å²) in [5, 5.41) is 11.1. The summed E-state index contributed by atoms with van der Waals surface area (Å²) in [4.78, 5) is 4.74. The van der Waals surface area contributed by atoms with Gasteiger partial charge in [0.15, 0.2) is 0 Å². The molecule has 2 rings (SSSR count). The standard InChI is InChI=1S/C13H11N3OS/c1-17-10-6-12(18-8-10)13(15)11(7-14)9-2-4-16-5-3-9/h2-6,8H,15H2,1H3/b13-11+. The molecule has 0 unspecified atom stereocenters. The number of hydrogen-bond donors (Lipinski definition) is 1. The highest BCUT2D eigenvalue weighted by Crippen LogP contribution is 2.29. The van der Waals surface area contributed by atoms with Gasteiger partial charge in [-0.3, -0.25) is 4.98 Å². The fraction of sp³-hybridized carbons (Fsp3) is 0.0769. The molecule has 0 aromatic carbocycles. The summed E-state index contributed by atoms with van der Waals surface area (Å²) in [6.07, 6.45) is 3.27. The van der Waals surface area contributed by atoms with Gasteiger partial charge in [-0.1, -0.05) is 0 Å². The minimum atomic E-state index is 0.446. The summed E-state index contributed by atoms with van der Waals surface area (Å²) < 4.78 is 5.10. The lowest BCUT2D eigenvalue weighted by molar-refractivity contribution is 0.416. The third kappa shape index (κ3) is 2.34. The van der Waals surface area contributed by atoms with E-state index in [1.807, 2.05) is 11.4 Å². The molecule has 2 N–H and O–H groups in total. The third-order valence-corrected chi connectivity index (χ3v) is 3.37. The van der Waals surface area contributed by atoms with Gasteiger partial charge >= 0.3 is 0 Å². The quantitative estimate of drug-likeness (QED) is 0.857. The number of rotatable bonds is 3. The Hall–Kier alpha value is -2.32. The summed E-state index contributed by atoms with van der Waals surface area (Å²) in [6, 6.07) is 7.47. The molecule has 0 amide bonds. The van der Waals surface area contributed by atoms with Gasteiger partial charge in [-0.05, 0) is 17.7 Å². The first kappa shape index (κ1) is 12.1. The first-order valence-corrected chi connectivity index (χ1v) is 6.07. The summed E-state index contributed by atoms with van der Waals surface area (Å²) >= 11 is 1.45. The fourth-order valence-corrected chi connectivity index (χ4v) is 2.31. The SMILES string of the molecule is COc1csc(/C(N)=C(/C#N)c2ccncc2)c1. The van der Waals surface area contributed by atoms with Crippen molar-refractivity contribution in [2.45, 2.75) is 0 Å². The van der Waals surface area contributed by atoms with Crippen molar-refractivity contribution < 1.29 is 4.74 Å². The zero-order valence-electron chi connectivity index (χ0n) is 9.75. The zero-order chi connectivity index (χ0) is 13.0. The predicted molar refractivity (Wildman–Crippen MR) is 71.7 cm³/mol. The van der Waals surface area contributed by atoms with Crippen LogP contribution in [-0.4, -0.2) is 12.1 Å². The number of aromatic nitrogens is 1. The second-order valence-electron chi connectivity index (χ2n) is 3.49. The first-order chi connectivity index (χ1) is 8.76. The van der Waals surface area contributed by atoms with Crippen LogP contribution in [0.15, 0.2) is 36.0 Å². The Kier molecular flexibility index (Phi) is 3.60. The van der Waals surface area contributed by atoms with Crippen LogP contribution in [0.4, 0.5) is 0 Å². The smallest absolute Gasteiger partial charge is 0.130 e. The largest absolute Gasteiger partial charge is 0.496 e. The molecular weight excluding hydrogens is 246 g/mol. The molecule has 0 aliphatic rings. The maximum absolute atomic E-state index is 9.24. The van der Waals surface area contributed by atoms with E-state index in [0.717, 1.165) is 16.2 Å². The van der Waals surface area contributed by atoms with E-state index in [1.165, 1.54) is 11.3 Å². The lowest BCUT2D eigenvalue weighted by atomic mass is 10.1. The minimum absolute atomic E-state index is 0.446. The van der Waals surface area contributed by atoms with E-state index in [2.05, 4.69) is 11.1 Å². The summed E-state index contributed by atoms with van der Waals surface area (Å²) in [5.74, 6) is 0.741. The zero-order valence-corrected chi connectivity index (χ0v) is 10.6. The van der Waals surface area contributed by atoms with E-state index in [4.69, 9.17) is 10.5 Å². The molecule has 2 aromatic heterocycles. The molecule has 0 saturated carbocycles. The van der Waals surface area contributed by atoms with Crippen LogP contribution in [0.2, 0.25) is 0 Å². The number of hydrogen-bond acceptors (Lipinski definition) is 5. The van der Waals surface area contributed by atoms with E-state index in [9.17, 15) is 5.26 Å². The molecule has 0 aliphatic carbocycles. The molecule has 0 fully saturated rings. The van der Waals surface area contributed by atoms with E-state index in [0.29, 0.717) is 11.3 Å². The number of thiophene rings is 1. The van der Waals surface area contributed by atoms with E-state index in [-0.39, 0.29) is 0 Å². The van der Waals surface area contributed by atoms with Gasteiger partial charge in [0.25, 0.3) is 0 Å². The number of nitriles is 1. The third-order valence-electron chi connectivity index (χ3n) is 2.43. The molecule has 0 radical (unpaired) electrons. The fourth-order valence-electron chi connectivity index (χ4n) is 1.49. The number of pyridine rings is 1. The molecule has 2 aromatic rings. The van der Waals surface area contributed by atoms with Crippen LogP contribution >= 0.6 is 11.3 Å². The average molecular weight is 257 g/mol. The highest BCUT2D eigenvalue weighted by molar-refractivity contribution is 7.11. The van der Waals surface area contributed by atoms with Gasteiger partial charge < -0.3 is 10.5 Å². The molecule has 4 nitrogen and oxygen atoms in total. The van der Waals surface area contributed by atoms with Crippen LogP contribution in [0.5, 0.6) is 5.75 Å². The molecule has 18 heavy (non-hydrogen) atoms. The van der Waals surface area contributed by atoms with Gasteiger partial charge in [0.05, 0.1) is 23.3 Å². The molecule has 0 spiro atoms. The van der Waals surface area contributed by atoms with Gasteiger partial charge in [0.1, 0.15) is 11.8 Å². The lowest BCUT2D eigenvalue weighted by Gasteiger charge is -2.03. The second-order valence-corrected chi connectivity index (χ2v) is 4.40. The highest BCUT2D eigenvalue weighted by Gasteiger charge is 2.10. The molecule has 5 heteroatoms. The van der Waals surface area contributed by atoms with Gasteiger partial charge in [0, 0.05) is 23.8 Å². The monoisotopic (exact) mass is 257 g/mol. The summed E-state index contributed by atoms with van der Waals surface area (Å²) in [7, 11) is 1.60. The highest BCUT2D eigenvalue weighted by atomic mass is 32.1. The van der Waals surface area contributed by atoms with Gasteiger partial charge in [-0.2, -0.15) is 5.26 Å². The maximum atomic E-state index is 9.24. The van der Waals surface area contributed by atoms with Crippen LogP contribution < -0.4 is 10.5 Å². The first-order valence-electron chi connectivity index (χ1n) is 5.19. The number of methoxy groups -OCH3 is 1. The minimum Gasteiger partial charge on any atom is -0.496 e. The number of nitrogens with two attached hydrogens (primary N) is 1. The molecule has 90 valence electrons. The second kappa shape index (κ2) is 5.34. The Morgan fingerprint density at radius 2 is 2.17 bits per heavy atom. The topological polar surface area (TPSA) is 71.9 Å². The van der Waals surface area contributed by atoms with Crippen LogP contribution in [0.1, 0.15) is 10.4 Å². The molecule has 0 bridgehead atoms. The maximum Gasteiger partial charge on any atom is 0.130 e. The summed E-state index contributed by atoms with van der Waals surface area (Å²) in [5.41, 5.74) is 7.70. The molecule has 0 atom stereocenters. The predicted octanol–water partition coefficient (Wildman–Crippen LogP) is 2.50. The van der Waals surface area contributed by atoms with Crippen LogP contribution in [0.25, 0.3) is 11.3 Å². The van der Waals surface area contributed by atoms with Crippen molar-refractivity contribution in [1.82, 2.24) is 4.98 Å². The molecule has 0 saturated heterocycles. The van der Waals surface area contributed by atoms with Crippen molar-refractivity contribution in [3.63, 3.8) is 0 Å². The van der Waals surface area contributed by atoms with E-state index < -0.39 is 0 Å². The number of nitrogens with zero attached hydrogens (tertiary/aromatic N) is 2. The molecule has 2 heterocycles. The van der Waals surface area contributed by atoms with Gasteiger partial charge in [-0.15, -0.1) is 11.3 Å². The average Bonchev–Trinajstić information content (AvgIpc) is 2.89.